The molecule has 0 amide bonds. The molecule has 0 radical (unpaired) electrons. The van der Waals surface area contributed by atoms with E-state index in [4.69, 9.17) is 0 Å². The Morgan fingerprint density at radius 3 is 2.59 bits per heavy atom. The number of hydrogen-bond acceptors (Lipinski definition) is 2. The van der Waals surface area contributed by atoms with Crippen LogP contribution in [0.2, 0.25) is 0 Å². The van der Waals surface area contributed by atoms with Crippen molar-refractivity contribution in [2.24, 2.45) is 11.3 Å². The molecule has 0 atom stereocenters. The molecule has 0 heterocycles. The third-order valence-electron chi connectivity index (χ3n) is 2.75. The van der Waals surface area contributed by atoms with Crippen molar-refractivity contribution in [1.29, 1.82) is 0 Å². The normalized spacial score (nSPS) is 12.1. The third-order valence-corrected chi connectivity index (χ3v) is 2.75. The molecule has 17 heavy (non-hydrogen) atoms. The van der Waals surface area contributed by atoms with E-state index in [-0.39, 0.29) is 5.41 Å². The van der Waals surface area contributed by atoms with Crippen LogP contribution in [0, 0.1) is 11.3 Å². The second kappa shape index (κ2) is 6.06. The summed E-state index contributed by atoms with van der Waals surface area (Å²) in [4.78, 5) is 0. The van der Waals surface area contributed by atoms with E-state index >= 15 is 0 Å². The molecule has 0 aliphatic rings. The average molecular weight is 235 g/mol. The molecule has 2 nitrogen and oxygen atoms in total. The van der Waals surface area contributed by atoms with Crippen molar-refractivity contribution in [1.82, 2.24) is 5.32 Å². The van der Waals surface area contributed by atoms with E-state index in [0.717, 1.165) is 19.5 Å². The van der Waals surface area contributed by atoms with Gasteiger partial charge in [-0.15, -0.1) is 0 Å². The van der Waals surface area contributed by atoms with Crippen molar-refractivity contribution in [3.05, 3.63) is 29.8 Å². The molecule has 96 valence electrons. The molecular weight excluding hydrogens is 210 g/mol. The van der Waals surface area contributed by atoms with E-state index in [0.29, 0.717) is 11.7 Å². The monoisotopic (exact) mass is 235 g/mol. The minimum absolute atomic E-state index is 0.211. The quantitative estimate of drug-likeness (QED) is 0.793. The van der Waals surface area contributed by atoms with Gasteiger partial charge in [-0.2, -0.15) is 0 Å². The topological polar surface area (TPSA) is 32.3 Å². The number of phenolic OH excluding ortho intramolecular Hbond substituents is 1. The maximum atomic E-state index is 9.44. The van der Waals surface area contributed by atoms with Gasteiger partial charge >= 0.3 is 0 Å². The summed E-state index contributed by atoms with van der Waals surface area (Å²) in [6.45, 7) is 11.0. The Labute approximate surface area is 105 Å². The Balaban J connectivity index is 2.48. The summed E-state index contributed by atoms with van der Waals surface area (Å²) in [6, 6.07) is 7.55. The highest BCUT2D eigenvalue weighted by Gasteiger charge is 2.18. The van der Waals surface area contributed by atoms with Crippen LogP contribution < -0.4 is 5.32 Å². The zero-order chi connectivity index (χ0) is 12.9. The van der Waals surface area contributed by atoms with Crippen LogP contribution in [0.25, 0.3) is 0 Å². The number of hydrogen-bond donors (Lipinski definition) is 2. The summed E-state index contributed by atoms with van der Waals surface area (Å²) >= 11 is 0. The molecular formula is C15H25NO. The number of nitrogens with one attached hydrogen (secondary N) is 1. The number of benzene rings is 1. The van der Waals surface area contributed by atoms with Gasteiger partial charge in [-0.3, -0.25) is 0 Å². The predicted molar refractivity (Wildman–Crippen MR) is 73.3 cm³/mol. The van der Waals surface area contributed by atoms with Crippen LogP contribution in [-0.4, -0.2) is 18.2 Å². The van der Waals surface area contributed by atoms with Gasteiger partial charge < -0.3 is 10.4 Å². The van der Waals surface area contributed by atoms with Crippen molar-refractivity contribution in [3.8, 4) is 5.75 Å². The lowest BCUT2D eigenvalue weighted by Gasteiger charge is -2.26. The van der Waals surface area contributed by atoms with E-state index in [1.54, 1.807) is 6.07 Å². The Morgan fingerprint density at radius 1 is 1.29 bits per heavy atom. The van der Waals surface area contributed by atoms with Crippen molar-refractivity contribution in [3.63, 3.8) is 0 Å². The van der Waals surface area contributed by atoms with E-state index in [2.05, 4.69) is 39.1 Å². The minimum atomic E-state index is 0.211. The average Bonchev–Trinajstić information content (AvgIpc) is 2.15. The van der Waals surface area contributed by atoms with Gasteiger partial charge in [0.25, 0.3) is 0 Å². The largest absolute Gasteiger partial charge is 0.508 e. The Bertz CT molecular complexity index is 345. The van der Waals surface area contributed by atoms with Gasteiger partial charge in [0.15, 0.2) is 0 Å². The number of phenols is 1. The SMILES string of the molecule is CC(C)CNCC(C)(C)Cc1cccc(O)c1. The Hall–Kier alpha value is -1.02. The summed E-state index contributed by atoms with van der Waals surface area (Å²) in [7, 11) is 0. The molecule has 0 saturated carbocycles. The van der Waals surface area contributed by atoms with Gasteiger partial charge in [-0.25, -0.2) is 0 Å². The molecule has 0 bridgehead atoms. The van der Waals surface area contributed by atoms with Crippen molar-refractivity contribution in [2.75, 3.05) is 13.1 Å². The van der Waals surface area contributed by atoms with Gasteiger partial charge in [0.2, 0.25) is 0 Å². The molecule has 2 heteroatoms. The highest BCUT2D eigenvalue weighted by Crippen LogP contribution is 2.23. The van der Waals surface area contributed by atoms with Gasteiger partial charge in [-0.05, 0) is 42.0 Å². The summed E-state index contributed by atoms with van der Waals surface area (Å²) in [5.74, 6) is 1.04. The molecule has 0 aliphatic heterocycles. The fourth-order valence-corrected chi connectivity index (χ4v) is 1.98. The van der Waals surface area contributed by atoms with Crippen LogP contribution >= 0.6 is 0 Å². The van der Waals surface area contributed by atoms with Crippen molar-refractivity contribution < 1.29 is 5.11 Å². The summed E-state index contributed by atoms with van der Waals surface area (Å²) in [5.41, 5.74) is 1.41. The standard InChI is InChI=1S/C15H25NO/c1-12(2)10-16-11-15(3,4)9-13-6-5-7-14(17)8-13/h5-8,12,16-17H,9-11H2,1-4H3. The van der Waals surface area contributed by atoms with Gasteiger partial charge in [0.1, 0.15) is 5.75 Å². The first kappa shape index (κ1) is 14.0. The summed E-state index contributed by atoms with van der Waals surface area (Å²) < 4.78 is 0. The van der Waals surface area contributed by atoms with Crippen LogP contribution in [-0.2, 0) is 6.42 Å². The van der Waals surface area contributed by atoms with E-state index in [9.17, 15) is 5.11 Å². The summed E-state index contributed by atoms with van der Waals surface area (Å²) in [5, 5.41) is 12.9. The molecule has 0 unspecified atom stereocenters. The molecule has 0 fully saturated rings. The molecule has 0 spiro atoms. The number of aromatic hydroxyl groups is 1. The third kappa shape index (κ3) is 5.73. The second-order valence-corrected chi connectivity index (χ2v) is 6.04. The highest BCUT2D eigenvalue weighted by atomic mass is 16.3. The molecule has 1 aromatic rings. The Morgan fingerprint density at radius 2 is 2.00 bits per heavy atom. The minimum Gasteiger partial charge on any atom is -0.508 e. The molecule has 0 saturated heterocycles. The van der Waals surface area contributed by atoms with Crippen LogP contribution in [0.5, 0.6) is 5.75 Å². The van der Waals surface area contributed by atoms with Gasteiger partial charge in [0.05, 0.1) is 0 Å². The van der Waals surface area contributed by atoms with Crippen molar-refractivity contribution in [2.45, 2.75) is 34.1 Å². The van der Waals surface area contributed by atoms with Crippen molar-refractivity contribution >= 4 is 0 Å². The first-order valence-corrected chi connectivity index (χ1v) is 6.38. The van der Waals surface area contributed by atoms with E-state index in [1.165, 1.54) is 5.56 Å². The fourth-order valence-electron chi connectivity index (χ4n) is 1.98. The fraction of sp³-hybridized carbons (Fsp3) is 0.600. The lowest BCUT2D eigenvalue weighted by atomic mass is 9.85. The zero-order valence-corrected chi connectivity index (χ0v) is 11.5. The first-order valence-electron chi connectivity index (χ1n) is 6.38. The van der Waals surface area contributed by atoms with E-state index < -0.39 is 0 Å². The lowest BCUT2D eigenvalue weighted by Crippen LogP contribution is -2.33. The lowest BCUT2D eigenvalue weighted by molar-refractivity contribution is 0.330. The molecule has 2 N–H and O–H groups in total. The highest BCUT2D eigenvalue weighted by molar-refractivity contribution is 5.27. The van der Waals surface area contributed by atoms with Gasteiger partial charge in [-0.1, -0.05) is 39.8 Å². The zero-order valence-electron chi connectivity index (χ0n) is 11.5. The first-order chi connectivity index (χ1) is 7.89. The predicted octanol–water partition coefficient (Wildman–Crippen LogP) is 3.21. The maximum absolute atomic E-state index is 9.44. The molecule has 1 aromatic carbocycles. The molecule has 1 rings (SSSR count). The number of rotatable bonds is 6. The molecule has 0 aliphatic carbocycles. The van der Waals surface area contributed by atoms with Crippen LogP contribution in [0.15, 0.2) is 24.3 Å². The van der Waals surface area contributed by atoms with Crippen LogP contribution in [0.1, 0.15) is 33.3 Å². The smallest absolute Gasteiger partial charge is 0.115 e. The summed E-state index contributed by atoms with van der Waals surface area (Å²) in [6.07, 6.45) is 0.979. The van der Waals surface area contributed by atoms with Gasteiger partial charge in [0, 0.05) is 6.54 Å². The molecule has 0 aromatic heterocycles. The van der Waals surface area contributed by atoms with Crippen LogP contribution in [0.4, 0.5) is 0 Å². The van der Waals surface area contributed by atoms with E-state index in [1.807, 2.05) is 12.1 Å². The maximum Gasteiger partial charge on any atom is 0.115 e. The Kier molecular flexibility index (Phi) is 5.01. The second-order valence-electron chi connectivity index (χ2n) is 6.04. The van der Waals surface area contributed by atoms with Crippen LogP contribution in [0.3, 0.4) is 0 Å².